The summed E-state index contributed by atoms with van der Waals surface area (Å²) >= 11 is 0. The number of carboxylic acid groups (broad SMARTS) is 1. The van der Waals surface area contributed by atoms with E-state index in [1.807, 2.05) is 13.0 Å². The van der Waals surface area contributed by atoms with Crippen molar-refractivity contribution in [1.82, 2.24) is 4.98 Å². The van der Waals surface area contributed by atoms with Crippen molar-refractivity contribution in [3.05, 3.63) is 58.8 Å². The molecule has 7 heteroatoms. The summed E-state index contributed by atoms with van der Waals surface area (Å²) in [7, 11) is 1.32. The van der Waals surface area contributed by atoms with Gasteiger partial charge in [-0.1, -0.05) is 19.1 Å². The predicted octanol–water partition coefficient (Wildman–Crippen LogP) is 3.46. The molecule has 0 spiro atoms. The molecule has 1 unspecified atom stereocenters. The first-order chi connectivity index (χ1) is 13.5. The topological polar surface area (TPSA) is 97.9 Å². The molecule has 0 saturated carbocycles. The van der Waals surface area contributed by atoms with Crippen molar-refractivity contribution in [2.75, 3.05) is 13.9 Å². The first-order valence-corrected chi connectivity index (χ1v) is 8.88. The van der Waals surface area contributed by atoms with Crippen LogP contribution in [0.1, 0.15) is 40.0 Å². The summed E-state index contributed by atoms with van der Waals surface area (Å²) in [5.74, 6) is -1.19. The van der Waals surface area contributed by atoms with E-state index in [2.05, 4.69) is 4.98 Å². The summed E-state index contributed by atoms with van der Waals surface area (Å²) in [4.78, 5) is 27.3. The molecule has 1 aliphatic heterocycles. The third-order valence-electron chi connectivity index (χ3n) is 4.98. The highest BCUT2D eigenvalue weighted by molar-refractivity contribution is 5.96. The second-order valence-electron chi connectivity index (χ2n) is 6.51. The number of aryl methyl sites for hydroxylation is 1. The van der Waals surface area contributed by atoms with Crippen LogP contribution in [-0.2, 0) is 16.0 Å². The molecule has 3 aromatic rings. The maximum absolute atomic E-state index is 12.2. The number of fused-ring (bicyclic) bond motifs is 2. The van der Waals surface area contributed by atoms with Crippen molar-refractivity contribution in [1.29, 1.82) is 0 Å². The van der Waals surface area contributed by atoms with Gasteiger partial charge in [0, 0.05) is 16.6 Å². The largest absolute Gasteiger partial charge is 0.480 e. The highest BCUT2D eigenvalue weighted by Crippen LogP contribution is 2.38. The lowest BCUT2D eigenvalue weighted by Gasteiger charge is -2.14. The summed E-state index contributed by atoms with van der Waals surface area (Å²) in [6.07, 6.45) is 0.640. The van der Waals surface area contributed by atoms with Gasteiger partial charge in [0.15, 0.2) is 11.5 Å². The summed E-state index contributed by atoms with van der Waals surface area (Å²) in [5.41, 5.74) is 3.18. The molecule has 1 aliphatic rings. The average Bonchev–Trinajstić information content (AvgIpc) is 3.30. The van der Waals surface area contributed by atoms with Crippen LogP contribution in [0.3, 0.4) is 0 Å². The van der Waals surface area contributed by atoms with Gasteiger partial charge in [0.25, 0.3) is 0 Å². The molecule has 144 valence electrons. The monoisotopic (exact) mass is 381 g/mol. The molecule has 1 aromatic heterocycles. The molecular formula is C21H19NO6. The summed E-state index contributed by atoms with van der Waals surface area (Å²) in [5, 5.41) is 10.9. The van der Waals surface area contributed by atoms with Gasteiger partial charge >= 0.3 is 11.9 Å². The predicted molar refractivity (Wildman–Crippen MR) is 101 cm³/mol. The van der Waals surface area contributed by atoms with Crippen molar-refractivity contribution in [3.63, 3.8) is 0 Å². The van der Waals surface area contributed by atoms with Crippen molar-refractivity contribution in [2.45, 2.75) is 19.3 Å². The van der Waals surface area contributed by atoms with E-state index < -0.39 is 17.9 Å². The Morgan fingerprint density at radius 3 is 2.68 bits per heavy atom. The summed E-state index contributed by atoms with van der Waals surface area (Å²) < 4.78 is 15.5. The lowest BCUT2D eigenvalue weighted by molar-refractivity contribution is -0.137. The molecule has 0 radical (unpaired) electrons. The lowest BCUT2D eigenvalue weighted by Crippen LogP contribution is -2.15. The van der Waals surface area contributed by atoms with E-state index in [1.54, 1.807) is 30.3 Å². The van der Waals surface area contributed by atoms with Gasteiger partial charge in [0.2, 0.25) is 6.79 Å². The molecule has 0 amide bonds. The van der Waals surface area contributed by atoms with Gasteiger partial charge in [-0.2, -0.15) is 0 Å². The molecule has 4 rings (SSSR count). The second kappa shape index (κ2) is 6.92. The number of hydrogen-bond donors (Lipinski definition) is 2. The smallest absolute Gasteiger partial charge is 0.337 e. The number of ether oxygens (including phenoxy) is 3. The molecule has 0 saturated heterocycles. The highest BCUT2D eigenvalue weighted by atomic mass is 16.7. The molecule has 28 heavy (non-hydrogen) atoms. The Kier molecular flexibility index (Phi) is 4.43. The number of H-pyrrole nitrogens is 1. The number of carbonyl (C=O) groups is 2. The van der Waals surface area contributed by atoms with E-state index in [1.165, 1.54) is 7.11 Å². The van der Waals surface area contributed by atoms with Crippen LogP contribution >= 0.6 is 0 Å². The number of methoxy groups -OCH3 is 1. The Labute approximate surface area is 160 Å². The summed E-state index contributed by atoms with van der Waals surface area (Å²) in [6, 6.07) is 10.3. The Morgan fingerprint density at radius 2 is 1.96 bits per heavy atom. The van der Waals surface area contributed by atoms with Crippen molar-refractivity contribution in [2.24, 2.45) is 0 Å². The molecule has 2 N–H and O–H groups in total. The minimum Gasteiger partial charge on any atom is -0.480 e. The number of aromatic nitrogens is 1. The number of hydrogen-bond acceptors (Lipinski definition) is 5. The number of aliphatic carboxylic acids is 1. The van der Waals surface area contributed by atoms with E-state index in [4.69, 9.17) is 14.2 Å². The molecule has 0 bridgehead atoms. The summed E-state index contributed by atoms with van der Waals surface area (Å²) in [6.45, 7) is 2.10. The van der Waals surface area contributed by atoms with Crippen LogP contribution in [0.2, 0.25) is 0 Å². The zero-order valence-electron chi connectivity index (χ0n) is 15.4. The van der Waals surface area contributed by atoms with Crippen LogP contribution in [0.4, 0.5) is 0 Å². The second-order valence-corrected chi connectivity index (χ2v) is 6.51. The van der Waals surface area contributed by atoms with E-state index in [0.717, 1.165) is 10.9 Å². The van der Waals surface area contributed by atoms with Gasteiger partial charge < -0.3 is 24.3 Å². The van der Waals surface area contributed by atoms with Gasteiger partial charge in [0.05, 0.1) is 12.7 Å². The van der Waals surface area contributed by atoms with Crippen LogP contribution in [0.15, 0.2) is 36.4 Å². The Balaban J connectivity index is 1.86. The van der Waals surface area contributed by atoms with Crippen molar-refractivity contribution >= 4 is 22.8 Å². The van der Waals surface area contributed by atoms with E-state index in [0.29, 0.717) is 40.3 Å². The Hall–Kier alpha value is -3.48. The number of esters is 1. The number of aromatic amines is 1. The van der Waals surface area contributed by atoms with Crippen LogP contribution in [0.5, 0.6) is 11.5 Å². The first kappa shape index (κ1) is 17.9. The molecule has 1 atom stereocenters. The van der Waals surface area contributed by atoms with Crippen LogP contribution < -0.4 is 9.47 Å². The normalized spacial score (nSPS) is 13.5. The van der Waals surface area contributed by atoms with Crippen molar-refractivity contribution in [3.8, 4) is 11.5 Å². The van der Waals surface area contributed by atoms with Crippen LogP contribution in [0.25, 0.3) is 10.9 Å². The lowest BCUT2D eigenvalue weighted by atomic mass is 9.91. The third kappa shape index (κ3) is 2.85. The zero-order valence-corrected chi connectivity index (χ0v) is 15.4. The minimum atomic E-state index is -0.978. The number of rotatable bonds is 5. The zero-order chi connectivity index (χ0) is 19.8. The van der Waals surface area contributed by atoms with Gasteiger partial charge in [0.1, 0.15) is 5.92 Å². The number of benzene rings is 2. The molecule has 0 aliphatic carbocycles. The Morgan fingerprint density at radius 1 is 1.18 bits per heavy atom. The SMILES string of the molecule is CCc1c(C(C(=O)O)c2ccc3c(c2)OCO3)[nH]c2cc(C(=O)OC)ccc12. The average molecular weight is 381 g/mol. The standard InChI is InChI=1S/C21H19NO6/c1-3-13-14-6-4-12(21(25)26-2)8-15(14)22-19(13)18(20(23)24)11-5-7-16-17(9-11)28-10-27-16/h4-9,18,22H,3,10H2,1-2H3,(H,23,24). The maximum Gasteiger partial charge on any atom is 0.337 e. The quantitative estimate of drug-likeness (QED) is 0.657. The molecule has 2 aromatic carbocycles. The number of carboxylic acids is 1. The molecule has 7 nitrogen and oxygen atoms in total. The fraction of sp³-hybridized carbons (Fsp3) is 0.238. The van der Waals surface area contributed by atoms with E-state index >= 15 is 0 Å². The number of nitrogens with one attached hydrogen (secondary N) is 1. The third-order valence-corrected chi connectivity index (χ3v) is 4.98. The first-order valence-electron chi connectivity index (χ1n) is 8.88. The maximum atomic E-state index is 12.2. The molecule has 2 heterocycles. The van der Waals surface area contributed by atoms with Gasteiger partial charge in [-0.3, -0.25) is 4.79 Å². The Bertz CT molecular complexity index is 1080. The fourth-order valence-electron chi connectivity index (χ4n) is 3.67. The van der Waals surface area contributed by atoms with Crippen LogP contribution in [-0.4, -0.2) is 35.9 Å². The van der Waals surface area contributed by atoms with Gasteiger partial charge in [-0.15, -0.1) is 0 Å². The minimum absolute atomic E-state index is 0.124. The van der Waals surface area contributed by atoms with E-state index in [9.17, 15) is 14.7 Å². The fourth-order valence-corrected chi connectivity index (χ4v) is 3.67. The number of carbonyl (C=O) groups excluding carboxylic acids is 1. The highest BCUT2D eigenvalue weighted by Gasteiger charge is 2.29. The molecular weight excluding hydrogens is 362 g/mol. The van der Waals surface area contributed by atoms with Crippen molar-refractivity contribution < 1.29 is 28.9 Å². The van der Waals surface area contributed by atoms with Crippen LogP contribution in [0, 0.1) is 0 Å². The molecule has 0 fully saturated rings. The van der Waals surface area contributed by atoms with Gasteiger partial charge in [-0.25, -0.2) is 4.79 Å². The van der Waals surface area contributed by atoms with E-state index in [-0.39, 0.29) is 6.79 Å². The van der Waals surface area contributed by atoms with Gasteiger partial charge in [-0.05, 0) is 41.8 Å².